The number of nitrogen functional groups attached to an aromatic ring is 1. The molecule has 4 N–H and O–H groups in total. The van der Waals surface area contributed by atoms with Gasteiger partial charge < -0.3 is 10.7 Å². The molecule has 1 fully saturated rings. The predicted octanol–water partition coefficient (Wildman–Crippen LogP) is 2.56. The monoisotopic (exact) mass is 263 g/mol. The molecule has 0 unspecified atom stereocenters. The Morgan fingerprint density at radius 1 is 1.21 bits per heavy atom. The molecule has 0 aromatic carbocycles. The Balaban J connectivity index is 1.91. The minimum atomic E-state index is 0.673. The third-order valence-corrected chi connectivity index (χ3v) is 3.94. The molecule has 1 aromatic heterocycles. The fourth-order valence-corrected chi connectivity index (χ4v) is 2.60. The van der Waals surface area contributed by atoms with Crippen LogP contribution in [-0.4, -0.2) is 16.5 Å². The van der Waals surface area contributed by atoms with Crippen molar-refractivity contribution in [2.24, 2.45) is 17.7 Å². The lowest BCUT2D eigenvalue weighted by Gasteiger charge is -2.26. The van der Waals surface area contributed by atoms with Crippen molar-refractivity contribution in [3.63, 3.8) is 0 Å². The first-order valence-electron chi connectivity index (χ1n) is 7.29. The normalized spacial score (nSPS) is 23.1. The zero-order valence-corrected chi connectivity index (χ0v) is 11.9. The average Bonchev–Trinajstić information content (AvgIpc) is 2.46. The zero-order valence-electron chi connectivity index (χ0n) is 11.9. The molecule has 19 heavy (non-hydrogen) atoms. The summed E-state index contributed by atoms with van der Waals surface area (Å²) in [6.07, 6.45) is 6.16. The maximum absolute atomic E-state index is 5.43. The molecule has 1 aliphatic rings. The van der Waals surface area contributed by atoms with Gasteiger partial charge in [-0.25, -0.2) is 15.8 Å². The van der Waals surface area contributed by atoms with E-state index in [0.717, 1.165) is 36.4 Å². The van der Waals surface area contributed by atoms with Crippen LogP contribution in [0.4, 0.5) is 11.6 Å². The van der Waals surface area contributed by atoms with E-state index >= 15 is 0 Å². The van der Waals surface area contributed by atoms with Gasteiger partial charge in [-0.05, 0) is 24.7 Å². The van der Waals surface area contributed by atoms with Gasteiger partial charge in [0.25, 0.3) is 0 Å². The topological polar surface area (TPSA) is 75.9 Å². The van der Waals surface area contributed by atoms with Crippen LogP contribution in [0, 0.1) is 11.8 Å². The van der Waals surface area contributed by atoms with Crippen LogP contribution in [0.1, 0.15) is 45.4 Å². The summed E-state index contributed by atoms with van der Waals surface area (Å²) >= 11 is 0. The highest BCUT2D eigenvalue weighted by Gasteiger charge is 2.18. The summed E-state index contributed by atoms with van der Waals surface area (Å²) < 4.78 is 0. The van der Waals surface area contributed by atoms with Crippen molar-refractivity contribution in [1.82, 2.24) is 9.97 Å². The molecule has 0 spiro atoms. The van der Waals surface area contributed by atoms with Crippen molar-refractivity contribution < 1.29 is 0 Å². The molecular weight excluding hydrogens is 238 g/mol. The van der Waals surface area contributed by atoms with Crippen molar-refractivity contribution in [1.29, 1.82) is 0 Å². The van der Waals surface area contributed by atoms with E-state index < -0.39 is 0 Å². The van der Waals surface area contributed by atoms with Crippen LogP contribution in [0.25, 0.3) is 0 Å². The average molecular weight is 263 g/mol. The summed E-state index contributed by atoms with van der Waals surface area (Å²) in [6, 6.07) is 1.87. The second-order valence-electron chi connectivity index (χ2n) is 5.56. The number of nitrogens with zero attached hydrogens (tertiary/aromatic N) is 2. The number of nitrogens with one attached hydrogen (secondary N) is 2. The molecule has 1 saturated carbocycles. The number of nitrogens with two attached hydrogens (primary N) is 1. The summed E-state index contributed by atoms with van der Waals surface area (Å²) in [6.45, 7) is 5.39. The van der Waals surface area contributed by atoms with Gasteiger partial charge in [0, 0.05) is 19.0 Å². The minimum Gasteiger partial charge on any atom is -0.370 e. The van der Waals surface area contributed by atoms with E-state index in [-0.39, 0.29) is 0 Å². The fraction of sp³-hybridized carbons (Fsp3) is 0.714. The number of anilines is 2. The van der Waals surface area contributed by atoms with Crippen molar-refractivity contribution in [3.05, 3.63) is 11.9 Å². The number of aromatic nitrogens is 2. The Kier molecular flexibility index (Phi) is 4.96. The first kappa shape index (κ1) is 14.1. The van der Waals surface area contributed by atoms with Gasteiger partial charge in [0.1, 0.15) is 17.5 Å². The van der Waals surface area contributed by atoms with Crippen LogP contribution in [0.5, 0.6) is 0 Å². The predicted molar refractivity (Wildman–Crippen MR) is 78.8 cm³/mol. The summed E-state index contributed by atoms with van der Waals surface area (Å²) in [5.41, 5.74) is 2.59. The Morgan fingerprint density at radius 3 is 2.53 bits per heavy atom. The molecule has 0 atom stereocenters. The molecule has 1 aliphatic carbocycles. The van der Waals surface area contributed by atoms with Crippen molar-refractivity contribution in [2.45, 2.75) is 46.0 Å². The largest absolute Gasteiger partial charge is 0.370 e. The molecule has 0 aliphatic heterocycles. The maximum Gasteiger partial charge on any atom is 0.145 e. The smallest absolute Gasteiger partial charge is 0.145 e. The number of hydrogen-bond donors (Lipinski definition) is 3. The fourth-order valence-electron chi connectivity index (χ4n) is 2.60. The molecule has 1 aromatic rings. The highest BCUT2D eigenvalue weighted by Crippen LogP contribution is 2.28. The van der Waals surface area contributed by atoms with Gasteiger partial charge in [-0.15, -0.1) is 0 Å². The van der Waals surface area contributed by atoms with E-state index in [1.165, 1.54) is 25.7 Å². The lowest BCUT2D eigenvalue weighted by Crippen LogP contribution is -2.21. The lowest BCUT2D eigenvalue weighted by molar-refractivity contribution is 0.300. The Hall–Kier alpha value is -1.36. The summed E-state index contributed by atoms with van der Waals surface area (Å²) in [5.74, 6) is 9.46. The van der Waals surface area contributed by atoms with Gasteiger partial charge in [0.2, 0.25) is 0 Å². The number of aryl methyl sites for hydroxylation is 1. The van der Waals surface area contributed by atoms with Crippen LogP contribution in [0.2, 0.25) is 0 Å². The van der Waals surface area contributed by atoms with E-state index in [1.54, 1.807) is 0 Å². The van der Waals surface area contributed by atoms with E-state index in [9.17, 15) is 0 Å². The van der Waals surface area contributed by atoms with E-state index in [0.29, 0.717) is 5.82 Å². The molecule has 0 saturated heterocycles. The second kappa shape index (κ2) is 6.70. The molecule has 0 radical (unpaired) electrons. The van der Waals surface area contributed by atoms with Gasteiger partial charge >= 0.3 is 0 Å². The standard InChI is InChI=1S/C14H25N5/c1-3-12-17-13(8-14(18-12)19-15)16-9-11-6-4-10(2)5-7-11/h8,10-11H,3-7,9,15H2,1-2H3,(H2,16,17,18,19). The maximum atomic E-state index is 5.43. The molecule has 0 amide bonds. The van der Waals surface area contributed by atoms with Crippen LogP contribution in [0.15, 0.2) is 6.07 Å². The van der Waals surface area contributed by atoms with Crippen LogP contribution in [0.3, 0.4) is 0 Å². The van der Waals surface area contributed by atoms with Gasteiger partial charge in [0.05, 0.1) is 0 Å². The third-order valence-electron chi connectivity index (χ3n) is 3.94. The molecule has 106 valence electrons. The Bertz CT molecular complexity index is 377. The first-order chi connectivity index (χ1) is 9.21. The zero-order chi connectivity index (χ0) is 13.7. The first-order valence-corrected chi connectivity index (χ1v) is 7.29. The molecule has 1 heterocycles. The van der Waals surface area contributed by atoms with Crippen LogP contribution < -0.4 is 16.6 Å². The molecule has 0 bridgehead atoms. The van der Waals surface area contributed by atoms with Gasteiger partial charge in [0.15, 0.2) is 0 Å². The number of hydrogen-bond acceptors (Lipinski definition) is 5. The molecular formula is C14H25N5. The van der Waals surface area contributed by atoms with Gasteiger partial charge in [-0.1, -0.05) is 26.7 Å². The van der Waals surface area contributed by atoms with E-state index in [2.05, 4.69) is 27.6 Å². The molecule has 2 rings (SSSR count). The van der Waals surface area contributed by atoms with Crippen molar-refractivity contribution in [3.8, 4) is 0 Å². The van der Waals surface area contributed by atoms with Gasteiger partial charge in [-0.3, -0.25) is 0 Å². The summed E-state index contributed by atoms with van der Waals surface area (Å²) in [5, 5.41) is 3.43. The highest BCUT2D eigenvalue weighted by molar-refractivity contribution is 5.46. The Morgan fingerprint density at radius 2 is 1.89 bits per heavy atom. The third kappa shape index (κ3) is 4.06. The Labute approximate surface area is 115 Å². The van der Waals surface area contributed by atoms with Crippen molar-refractivity contribution >= 4 is 11.6 Å². The van der Waals surface area contributed by atoms with Crippen LogP contribution >= 0.6 is 0 Å². The molecule has 5 heteroatoms. The number of hydrazine groups is 1. The summed E-state index contributed by atoms with van der Waals surface area (Å²) in [7, 11) is 0. The summed E-state index contributed by atoms with van der Waals surface area (Å²) in [4.78, 5) is 8.77. The van der Waals surface area contributed by atoms with Crippen LogP contribution in [-0.2, 0) is 6.42 Å². The SMILES string of the molecule is CCc1nc(NN)cc(NCC2CCC(C)CC2)n1. The van der Waals surface area contributed by atoms with Crippen molar-refractivity contribution in [2.75, 3.05) is 17.3 Å². The van der Waals surface area contributed by atoms with E-state index in [4.69, 9.17) is 5.84 Å². The minimum absolute atomic E-state index is 0.673. The number of rotatable bonds is 5. The lowest BCUT2D eigenvalue weighted by atomic mass is 9.83. The quantitative estimate of drug-likeness (QED) is 0.562. The molecule has 5 nitrogen and oxygen atoms in total. The van der Waals surface area contributed by atoms with E-state index in [1.807, 2.05) is 13.0 Å². The second-order valence-corrected chi connectivity index (χ2v) is 5.56. The highest BCUT2D eigenvalue weighted by atomic mass is 15.3. The van der Waals surface area contributed by atoms with Gasteiger partial charge in [-0.2, -0.15) is 0 Å².